The molecule has 2 heterocycles. The van der Waals surface area contributed by atoms with Crippen LogP contribution in [-0.2, 0) is 18.4 Å². The van der Waals surface area contributed by atoms with E-state index < -0.39 is 0 Å². The summed E-state index contributed by atoms with van der Waals surface area (Å²) >= 11 is 0. The zero-order chi connectivity index (χ0) is 15.6. The number of ketones is 1. The third-order valence-electron chi connectivity index (χ3n) is 3.97. The quantitative estimate of drug-likeness (QED) is 0.763. The molecule has 3 N–H and O–H groups in total. The molecular weight excluding hydrogens is 268 g/mol. The summed E-state index contributed by atoms with van der Waals surface area (Å²) in [6.07, 6.45) is 2.50. The van der Waals surface area contributed by atoms with Crippen LogP contribution in [0.15, 0.2) is 12.3 Å². The minimum atomic E-state index is -0.185. The van der Waals surface area contributed by atoms with Crippen molar-refractivity contribution in [3.8, 4) is 0 Å². The van der Waals surface area contributed by atoms with Gasteiger partial charge in [0.2, 0.25) is 5.91 Å². The van der Waals surface area contributed by atoms with Gasteiger partial charge in [-0.1, -0.05) is 0 Å². The van der Waals surface area contributed by atoms with E-state index >= 15 is 0 Å². The number of nitrogens with one attached hydrogen (secondary N) is 1. The van der Waals surface area contributed by atoms with Gasteiger partial charge in [-0.2, -0.15) is 0 Å². The van der Waals surface area contributed by atoms with Gasteiger partial charge in [-0.05, 0) is 26.3 Å². The summed E-state index contributed by atoms with van der Waals surface area (Å²) in [5.41, 5.74) is 7.73. The van der Waals surface area contributed by atoms with E-state index in [4.69, 9.17) is 5.73 Å². The molecule has 0 bridgehead atoms. The lowest BCUT2D eigenvalue weighted by atomic mass is 10.1. The number of likely N-dealkylation sites (tertiary alicyclic amines) is 1. The van der Waals surface area contributed by atoms with Gasteiger partial charge in [0.1, 0.15) is 0 Å². The van der Waals surface area contributed by atoms with Gasteiger partial charge < -0.3 is 15.6 Å². The van der Waals surface area contributed by atoms with Crippen molar-refractivity contribution in [3.05, 3.63) is 23.5 Å². The molecule has 0 spiro atoms. The Balaban J connectivity index is 2.13. The number of aryl methyl sites for hydroxylation is 1. The van der Waals surface area contributed by atoms with Crippen LogP contribution in [-0.4, -0.2) is 46.3 Å². The molecule has 1 aliphatic heterocycles. The highest BCUT2D eigenvalue weighted by Crippen LogP contribution is 2.21. The van der Waals surface area contributed by atoms with Crippen molar-refractivity contribution in [2.45, 2.75) is 38.9 Å². The van der Waals surface area contributed by atoms with E-state index in [-0.39, 0.29) is 23.8 Å². The van der Waals surface area contributed by atoms with Crippen LogP contribution in [0, 0.1) is 0 Å². The smallest absolute Gasteiger partial charge is 0.237 e. The van der Waals surface area contributed by atoms with Crippen LogP contribution in [0.1, 0.15) is 36.3 Å². The van der Waals surface area contributed by atoms with E-state index in [0.29, 0.717) is 31.6 Å². The predicted octanol–water partition coefficient (Wildman–Crippen LogP) is 0.265. The summed E-state index contributed by atoms with van der Waals surface area (Å²) in [6, 6.07) is 1.72. The molecule has 0 aromatic carbocycles. The highest BCUT2D eigenvalue weighted by molar-refractivity contribution is 5.94. The monoisotopic (exact) mass is 292 g/mol. The molecule has 0 radical (unpaired) electrons. The van der Waals surface area contributed by atoms with Crippen molar-refractivity contribution in [3.63, 3.8) is 0 Å². The van der Waals surface area contributed by atoms with E-state index in [1.165, 1.54) is 0 Å². The Morgan fingerprint density at radius 3 is 2.76 bits per heavy atom. The second kappa shape index (κ2) is 6.41. The summed E-state index contributed by atoms with van der Waals surface area (Å²) < 4.78 is 1.94. The van der Waals surface area contributed by atoms with E-state index in [9.17, 15) is 9.59 Å². The largest absolute Gasteiger partial charge is 0.355 e. The Bertz CT molecular complexity index is 538. The molecule has 1 aliphatic rings. The Morgan fingerprint density at radius 2 is 2.19 bits per heavy atom. The minimum absolute atomic E-state index is 0.0187. The molecule has 1 fully saturated rings. The number of rotatable bonds is 5. The number of nitrogens with two attached hydrogens (primary N) is 1. The molecule has 1 aromatic rings. The van der Waals surface area contributed by atoms with Gasteiger partial charge in [0.15, 0.2) is 5.78 Å². The number of likely N-dealkylation sites (N-methyl/N-ethyl adjacent to an activating group) is 1. The summed E-state index contributed by atoms with van der Waals surface area (Å²) in [4.78, 5) is 25.7. The fourth-order valence-electron chi connectivity index (χ4n) is 2.85. The highest BCUT2D eigenvalue weighted by Gasteiger charge is 2.35. The average Bonchev–Trinajstić information content (AvgIpc) is 2.94. The van der Waals surface area contributed by atoms with Crippen LogP contribution in [0.25, 0.3) is 0 Å². The first kappa shape index (κ1) is 15.7. The fraction of sp³-hybridized carbons (Fsp3) is 0.600. The first-order valence-electron chi connectivity index (χ1n) is 7.35. The third-order valence-corrected chi connectivity index (χ3v) is 3.97. The van der Waals surface area contributed by atoms with E-state index in [2.05, 4.69) is 10.2 Å². The lowest BCUT2D eigenvalue weighted by Crippen LogP contribution is -2.43. The van der Waals surface area contributed by atoms with E-state index in [0.717, 1.165) is 5.69 Å². The molecule has 6 nitrogen and oxygen atoms in total. The number of hydrogen-bond acceptors (Lipinski definition) is 4. The minimum Gasteiger partial charge on any atom is -0.355 e. The number of nitrogens with zero attached hydrogens (tertiary/aromatic N) is 2. The van der Waals surface area contributed by atoms with Crippen molar-refractivity contribution in [1.29, 1.82) is 0 Å². The van der Waals surface area contributed by atoms with E-state index in [1.54, 1.807) is 6.92 Å². The molecule has 2 rings (SSSR count). The zero-order valence-corrected chi connectivity index (χ0v) is 12.9. The fourth-order valence-corrected chi connectivity index (χ4v) is 2.85. The normalized spacial score (nSPS) is 22.5. The van der Waals surface area contributed by atoms with Crippen molar-refractivity contribution >= 4 is 11.7 Å². The Kier molecular flexibility index (Phi) is 4.80. The van der Waals surface area contributed by atoms with Crippen LogP contribution in [0.3, 0.4) is 0 Å². The van der Waals surface area contributed by atoms with Gasteiger partial charge in [0.25, 0.3) is 0 Å². The number of hydrogen-bond donors (Lipinski definition) is 2. The predicted molar refractivity (Wildman–Crippen MR) is 80.9 cm³/mol. The van der Waals surface area contributed by atoms with Crippen molar-refractivity contribution in [2.75, 3.05) is 13.1 Å². The maximum atomic E-state index is 12.1. The second-order valence-corrected chi connectivity index (χ2v) is 5.72. The first-order valence-corrected chi connectivity index (χ1v) is 7.35. The van der Waals surface area contributed by atoms with Crippen LogP contribution in [0.5, 0.6) is 0 Å². The van der Waals surface area contributed by atoms with Crippen LogP contribution in [0.2, 0.25) is 0 Å². The molecule has 1 saturated heterocycles. The van der Waals surface area contributed by atoms with Crippen LogP contribution >= 0.6 is 0 Å². The van der Waals surface area contributed by atoms with Gasteiger partial charge in [0.05, 0.1) is 6.04 Å². The Hall–Kier alpha value is -1.66. The van der Waals surface area contributed by atoms with Crippen molar-refractivity contribution in [1.82, 2.24) is 14.8 Å². The van der Waals surface area contributed by atoms with Gasteiger partial charge in [-0.3, -0.25) is 14.5 Å². The third kappa shape index (κ3) is 3.51. The molecule has 0 aliphatic carbocycles. The van der Waals surface area contributed by atoms with Crippen molar-refractivity contribution < 1.29 is 9.59 Å². The molecule has 2 atom stereocenters. The summed E-state index contributed by atoms with van der Waals surface area (Å²) in [5, 5.41) is 2.86. The summed E-state index contributed by atoms with van der Waals surface area (Å²) in [6.45, 7) is 5.41. The topological polar surface area (TPSA) is 80.4 Å². The zero-order valence-electron chi connectivity index (χ0n) is 12.9. The first-order chi connectivity index (χ1) is 9.92. The van der Waals surface area contributed by atoms with Crippen LogP contribution in [0.4, 0.5) is 0 Å². The molecule has 1 amide bonds. The second-order valence-electron chi connectivity index (χ2n) is 5.72. The molecule has 116 valence electrons. The van der Waals surface area contributed by atoms with Gasteiger partial charge in [-0.15, -0.1) is 0 Å². The standard InChI is InChI=1S/C15H24N4O2/c1-4-17-15(21)14-6-12(16)8-19(14)9-13-5-11(10(2)20)7-18(13)3/h5,7,12,14H,4,6,8-9,16H2,1-3H3,(H,17,21)/t12-,14+/m1/s1. The number of carbonyl (C=O) groups is 2. The number of Topliss-reactive ketones (excluding diaryl/α,β-unsaturated/α-hetero) is 1. The molecule has 0 unspecified atom stereocenters. The number of carbonyl (C=O) groups excluding carboxylic acids is 2. The Labute approximate surface area is 125 Å². The lowest BCUT2D eigenvalue weighted by Gasteiger charge is -2.23. The molecule has 6 heteroatoms. The Morgan fingerprint density at radius 1 is 1.48 bits per heavy atom. The van der Waals surface area contributed by atoms with Gasteiger partial charge in [0, 0.05) is 50.2 Å². The molecule has 1 aromatic heterocycles. The van der Waals surface area contributed by atoms with E-state index in [1.807, 2.05) is 30.8 Å². The lowest BCUT2D eigenvalue weighted by molar-refractivity contribution is -0.125. The van der Waals surface area contributed by atoms with Crippen LogP contribution < -0.4 is 11.1 Å². The number of aromatic nitrogens is 1. The van der Waals surface area contributed by atoms with Crippen molar-refractivity contribution in [2.24, 2.45) is 12.8 Å². The average molecular weight is 292 g/mol. The summed E-state index contributed by atoms with van der Waals surface area (Å²) in [7, 11) is 1.92. The number of amides is 1. The molecule has 21 heavy (non-hydrogen) atoms. The van der Waals surface area contributed by atoms with Gasteiger partial charge >= 0.3 is 0 Å². The molecular formula is C15H24N4O2. The van der Waals surface area contributed by atoms with Gasteiger partial charge in [-0.25, -0.2) is 0 Å². The highest BCUT2D eigenvalue weighted by atomic mass is 16.2. The maximum absolute atomic E-state index is 12.1. The summed E-state index contributed by atoms with van der Waals surface area (Å²) in [5.74, 6) is 0.0849. The SMILES string of the molecule is CCNC(=O)[C@@H]1C[C@@H](N)CN1Cc1cc(C(C)=O)cn1C. The maximum Gasteiger partial charge on any atom is 0.237 e. The molecule has 0 saturated carbocycles.